The minimum absolute atomic E-state index is 0.00324. The number of ether oxygens (including phenoxy) is 1. The van der Waals surface area contributed by atoms with Crippen molar-refractivity contribution in [1.82, 2.24) is 9.57 Å². The molecule has 0 spiro atoms. The van der Waals surface area contributed by atoms with Gasteiger partial charge < -0.3 is 23.5 Å². The minimum atomic E-state index is -3.44. The Balaban J connectivity index is 2.11. The molecule has 2 heterocycles. The summed E-state index contributed by atoms with van der Waals surface area (Å²) in [5.74, 6) is -1.01. The van der Waals surface area contributed by atoms with Crippen LogP contribution in [0.15, 0.2) is 35.5 Å². The van der Waals surface area contributed by atoms with Gasteiger partial charge in [0, 0.05) is 45.6 Å². The lowest BCUT2D eigenvalue weighted by atomic mass is 9.99. The Morgan fingerprint density at radius 3 is 2.37 bits per heavy atom. The van der Waals surface area contributed by atoms with Crippen LogP contribution in [-0.4, -0.2) is 87.6 Å². The number of piperidine rings is 1. The zero-order valence-corrected chi connectivity index (χ0v) is 28.1. The predicted octanol–water partition coefficient (Wildman–Crippen LogP) is 6.40. The van der Waals surface area contributed by atoms with Crippen molar-refractivity contribution in [3.63, 3.8) is 0 Å². The number of likely N-dealkylation sites (tertiary alicyclic amines) is 1. The third-order valence-electron chi connectivity index (χ3n) is 6.74. The normalized spacial score (nSPS) is 20.8. The molecule has 0 aliphatic carbocycles. The van der Waals surface area contributed by atoms with E-state index >= 15 is 0 Å². The van der Waals surface area contributed by atoms with Gasteiger partial charge in [0.15, 0.2) is 6.61 Å². The van der Waals surface area contributed by atoms with Crippen molar-refractivity contribution in [3.05, 3.63) is 46.5 Å². The number of fused-ring (bicyclic) bond motifs is 1. The number of carbonyl (C=O) groups excluding carboxylic acids is 2. The second kappa shape index (κ2) is 15.9. The number of benzene rings is 1. The molecule has 1 atom stereocenters. The molecule has 1 saturated heterocycles. The summed E-state index contributed by atoms with van der Waals surface area (Å²) < 4.78 is 44.6. The van der Waals surface area contributed by atoms with E-state index in [-0.39, 0.29) is 53.2 Å². The summed E-state index contributed by atoms with van der Waals surface area (Å²) in [7, 11) is -3.39. The van der Waals surface area contributed by atoms with Crippen LogP contribution < -0.4 is 9.05 Å². The first-order valence-electron chi connectivity index (χ1n) is 14.3. The van der Waals surface area contributed by atoms with Crippen LogP contribution in [0.25, 0.3) is 0 Å². The van der Waals surface area contributed by atoms with Crippen molar-refractivity contribution in [2.75, 3.05) is 60.4 Å². The summed E-state index contributed by atoms with van der Waals surface area (Å²) in [6, 6.07) is 1.31. The van der Waals surface area contributed by atoms with Crippen molar-refractivity contribution < 1.29 is 37.3 Å². The first-order chi connectivity index (χ1) is 20.3. The topological polar surface area (TPSA) is 124 Å². The van der Waals surface area contributed by atoms with Gasteiger partial charge in [0.2, 0.25) is 7.37 Å². The summed E-state index contributed by atoms with van der Waals surface area (Å²) >= 11 is 6.83. The van der Waals surface area contributed by atoms with E-state index in [1.165, 1.54) is 30.7 Å². The fourth-order valence-electron chi connectivity index (χ4n) is 4.34. The van der Waals surface area contributed by atoms with E-state index < -0.39 is 20.9 Å². The molecule has 2 aliphatic rings. The number of halogens is 1. The Labute approximate surface area is 259 Å². The van der Waals surface area contributed by atoms with Crippen LogP contribution >= 0.6 is 26.5 Å². The number of allylic oxidation sites excluding steroid dienone is 3. The number of carbonyl (C=O) groups is 2. The molecule has 2 aliphatic heterocycles. The van der Waals surface area contributed by atoms with Gasteiger partial charge in [0.05, 0.1) is 17.3 Å². The number of amides is 1. The molecule has 0 N–H and O–H groups in total. The SMILES string of the molecule is CN(C)P(C)(=O)Oc1cc(OP(C)(C)=O)c(Cl)c2c1C(=O)OCC/C=C/CC/C=C/C(=N\OCC(=O)N1CCCCC1)C2. The fourth-order valence-corrected chi connectivity index (χ4v) is 5.94. The van der Waals surface area contributed by atoms with E-state index in [2.05, 4.69) is 5.16 Å². The van der Waals surface area contributed by atoms with Gasteiger partial charge >= 0.3 is 13.5 Å². The first kappa shape index (κ1) is 34.9. The minimum Gasteiger partial charge on any atom is -0.462 e. The second-order valence-corrected chi connectivity index (χ2v) is 16.6. The molecular weight excluding hydrogens is 616 g/mol. The van der Waals surface area contributed by atoms with Gasteiger partial charge in [0.25, 0.3) is 5.91 Å². The Bertz CT molecular complexity index is 1350. The molecule has 3 rings (SSSR count). The molecule has 0 aromatic heterocycles. The average molecular weight is 658 g/mol. The zero-order valence-electron chi connectivity index (χ0n) is 25.5. The van der Waals surface area contributed by atoms with Crippen LogP contribution in [0, 0.1) is 0 Å². The lowest BCUT2D eigenvalue weighted by Gasteiger charge is -2.26. The maximum atomic E-state index is 13.6. The molecule has 1 amide bonds. The highest BCUT2D eigenvalue weighted by molar-refractivity contribution is 7.57. The molecule has 14 heteroatoms. The number of cyclic esters (lactones) is 1. The smallest absolute Gasteiger partial charge is 0.342 e. The van der Waals surface area contributed by atoms with E-state index in [1.54, 1.807) is 25.1 Å². The van der Waals surface area contributed by atoms with Crippen LogP contribution in [0.4, 0.5) is 0 Å². The summed E-state index contributed by atoms with van der Waals surface area (Å²) in [5.41, 5.74) is 0.498. The molecule has 1 unspecified atom stereocenters. The molecule has 238 valence electrons. The summed E-state index contributed by atoms with van der Waals surface area (Å²) in [6.07, 6.45) is 12.5. The predicted molar refractivity (Wildman–Crippen MR) is 169 cm³/mol. The molecular formula is C29H42ClN3O8P2. The monoisotopic (exact) mass is 657 g/mol. The van der Waals surface area contributed by atoms with E-state index in [1.807, 2.05) is 18.2 Å². The summed E-state index contributed by atoms with van der Waals surface area (Å²) in [6.45, 7) is 5.48. The Morgan fingerprint density at radius 2 is 1.70 bits per heavy atom. The molecule has 1 aromatic rings. The van der Waals surface area contributed by atoms with E-state index in [0.717, 1.165) is 25.7 Å². The highest BCUT2D eigenvalue weighted by atomic mass is 35.5. The van der Waals surface area contributed by atoms with Gasteiger partial charge in [-0.3, -0.25) is 13.9 Å². The number of hydrogen-bond donors (Lipinski definition) is 0. The molecule has 43 heavy (non-hydrogen) atoms. The highest BCUT2D eigenvalue weighted by Crippen LogP contribution is 2.51. The number of nitrogens with zero attached hydrogens (tertiary/aromatic N) is 3. The number of hydrogen-bond acceptors (Lipinski definition) is 9. The molecule has 0 saturated carbocycles. The summed E-state index contributed by atoms with van der Waals surface area (Å²) in [5, 5.41) is 4.24. The number of rotatable bonds is 8. The lowest BCUT2D eigenvalue weighted by Crippen LogP contribution is -2.37. The van der Waals surface area contributed by atoms with E-state index in [4.69, 9.17) is 30.2 Å². The van der Waals surface area contributed by atoms with Crippen molar-refractivity contribution in [2.24, 2.45) is 5.16 Å². The van der Waals surface area contributed by atoms with Crippen molar-refractivity contribution in [3.8, 4) is 11.5 Å². The quantitative estimate of drug-likeness (QED) is 0.135. The van der Waals surface area contributed by atoms with Gasteiger partial charge in [-0.2, -0.15) is 0 Å². The number of oxime groups is 1. The van der Waals surface area contributed by atoms with Gasteiger partial charge in [0.1, 0.15) is 17.1 Å². The van der Waals surface area contributed by atoms with Crippen LogP contribution in [0.5, 0.6) is 11.5 Å². The lowest BCUT2D eigenvalue weighted by molar-refractivity contribution is -0.137. The second-order valence-electron chi connectivity index (χ2n) is 11.0. The molecule has 11 nitrogen and oxygen atoms in total. The van der Waals surface area contributed by atoms with Crippen LogP contribution in [0.2, 0.25) is 5.02 Å². The molecule has 0 radical (unpaired) electrons. The molecule has 1 aromatic carbocycles. The largest absolute Gasteiger partial charge is 0.462 e. The first-order valence-corrected chi connectivity index (χ1v) is 19.2. The Hall–Kier alpha value is -2.58. The van der Waals surface area contributed by atoms with Crippen molar-refractivity contribution in [2.45, 2.75) is 44.9 Å². The maximum absolute atomic E-state index is 13.6. The van der Waals surface area contributed by atoms with Gasteiger partial charge in [-0.25, -0.2) is 9.46 Å². The molecule has 1 fully saturated rings. The Kier molecular flexibility index (Phi) is 12.9. The van der Waals surface area contributed by atoms with Gasteiger partial charge in [-0.1, -0.05) is 35.0 Å². The standard InChI is InChI=1S/C29H42ClN3O8P2/c1-32(2)43(5,37)41-24-20-25(40-42(3,4)36)28(30)23-19-22(31-39-21-26(34)33-16-12-10-13-17-33)15-11-8-6-7-9-14-18-38-29(35)27(23)24/h7,9,11,15,20H,6,8,10,12-14,16-19,21H2,1-5H3/b9-7+,15-11+,31-22+. The summed E-state index contributed by atoms with van der Waals surface area (Å²) in [4.78, 5) is 33.5. The van der Waals surface area contributed by atoms with E-state index in [9.17, 15) is 18.7 Å². The van der Waals surface area contributed by atoms with Crippen LogP contribution in [0.3, 0.4) is 0 Å². The van der Waals surface area contributed by atoms with E-state index in [0.29, 0.717) is 31.6 Å². The Morgan fingerprint density at radius 1 is 1.02 bits per heavy atom. The maximum Gasteiger partial charge on any atom is 0.342 e. The van der Waals surface area contributed by atoms with Gasteiger partial charge in [-0.15, -0.1) is 0 Å². The van der Waals surface area contributed by atoms with Gasteiger partial charge in [-0.05, 0) is 64.3 Å². The van der Waals surface area contributed by atoms with Crippen LogP contribution in [0.1, 0.15) is 54.4 Å². The average Bonchev–Trinajstić information content (AvgIpc) is 2.93. The third-order valence-corrected chi connectivity index (χ3v) is 9.78. The van der Waals surface area contributed by atoms with Crippen molar-refractivity contribution >= 4 is 44.1 Å². The van der Waals surface area contributed by atoms with Crippen molar-refractivity contribution in [1.29, 1.82) is 0 Å². The zero-order chi connectivity index (χ0) is 31.6. The third kappa shape index (κ3) is 10.8. The van der Waals surface area contributed by atoms with Crippen LogP contribution in [-0.2, 0) is 29.9 Å². The highest BCUT2D eigenvalue weighted by Gasteiger charge is 2.31. The number of esters is 1. The molecule has 0 bridgehead atoms. The fraction of sp³-hybridized carbons (Fsp3) is 0.552.